The molecule has 0 saturated carbocycles. The summed E-state index contributed by atoms with van der Waals surface area (Å²) >= 11 is 9.23. The largest absolute Gasteiger partial charge is 0.411 e. The molecular weight excluding hydrogens is 334 g/mol. The summed E-state index contributed by atoms with van der Waals surface area (Å²) in [4.78, 5) is 0. The third kappa shape index (κ3) is 6.04. The van der Waals surface area contributed by atoms with Gasteiger partial charge < -0.3 is 10.5 Å². The number of benzene rings is 1. The highest BCUT2D eigenvalue weighted by Crippen LogP contribution is 2.22. The fraction of sp³-hybridized carbons (Fsp3) is 0.455. The number of ether oxygens (including phenoxy) is 1. The summed E-state index contributed by atoms with van der Waals surface area (Å²) in [6.07, 6.45) is -3.96. The quantitative estimate of drug-likeness (QED) is 0.885. The van der Waals surface area contributed by atoms with E-state index in [1.165, 1.54) is 0 Å². The van der Waals surface area contributed by atoms with Gasteiger partial charge in [0.05, 0.1) is 6.61 Å². The lowest BCUT2D eigenvalue weighted by molar-refractivity contribution is -0.174. The van der Waals surface area contributed by atoms with Crippen LogP contribution in [0.2, 0.25) is 5.02 Å². The third-order valence-corrected chi connectivity index (χ3v) is 2.94. The molecule has 1 rings (SSSR count). The summed E-state index contributed by atoms with van der Waals surface area (Å²) < 4.78 is 40.9. The Labute approximate surface area is 116 Å². The van der Waals surface area contributed by atoms with Crippen LogP contribution in [0.3, 0.4) is 0 Å². The Morgan fingerprint density at radius 3 is 2.61 bits per heavy atom. The minimum atomic E-state index is -4.32. The van der Waals surface area contributed by atoms with Crippen LogP contribution in [0.1, 0.15) is 5.56 Å². The van der Waals surface area contributed by atoms with Gasteiger partial charge in [-0.15, -0.1) is 0 Å². The minimum Gasteiger partial charge on any atom is -0.370 e. The van der Waals surface area contributed by atoms with Crippen molar-refractivity contribution in [3.8, 4) is 0 Å². The monoisotopic (exact) mass is 345 g/mol. The molecule has 0 fully saturated rings. The molecule has 0 amide bonds. The molecule has 1 aromatic carbocycles. The first-order valence-corrected chi connectivity index (χ1v) is 6.29. The number of nitrogens with two attached hydrogens (primary N) is 1. The molecule has 1 aromatic rings. The molecule has 1 unspecified atom stereocenters. The Kier molecular flexibility index (Phi) is 5.91. The molecular formula is C11H12BrClF3NO. The lowest BCUT2D eigenvalue weighted by Gasteiger charge is -2.14. The standard InChI is InChI=1S/C11H12BrClF3NO/c12-8-2-1-7(10(13)4-8)3-9(17)5-18-6-11(14,15)16/h1-2,4,9H,3,5-6,17H2. The Hall–Kier alpha value is -0.300. The predicted molar refractivity (Wildman–Crippen MR) is 67.7 cm³/mol. The number of rotatable bonds is 5. The predicted octanol–water partition coefficient (Wildman–Crippen LogP) is 3.55. The summed E-state index contributed by atoms with van der Waals surface area (Å²) in [5.74, 6) is 0. The van der Waals surface area contributed by atoms with Crippen molar-refractivity contribution >= 4 is 27.5 Å². The highest BCUT2D eigenvalue weighted by Gasteiger charge is 2.27. The second kappa shape index (κ2) is 6.75. The number of hydrogen-bond donors (Lipinski definition) is 1. The van der Waals surface area contributed by atoms with Crippen LogP contribution in [0.4, 0.5) is 13.2 Å². The topological polar surface area (TPSA) is 35.2 Å². The van der Waals surface area contributed by atoms with Crippen molar-refractivity contribution in [3.05, 3.63) is 33.3 Å². The molecule has 2 N–H and O–H groups in total. The van der Waals surface area contributed by atoms with Gasteiger partial charge in [-0.05, 0) is 24.1 Å². The SMILES string of the molecule is NC(COCC(F)(F)F)Cc1ccc(Br)cc1Cl. The molecule has 2 nitrogen and oxygen atoms in total. The maximum atomic E-state index is 11.8. The van der Waals surface area contributed by atoms with Crippen LogP contribution in [0.5, 0.6) is 0 Å². The highest BCUT2D eigenvalue weighted by molar-refractivity contribution is 9.10. The molecule has 102 valence electrons. The van der Waals surface area contributed by atoms with Crippen LogP contribution in [0, 0.1) is 0 Å². The Balaban J connectivity index is 2.42. The fourth-order valence-corrected chi connectivity index (χ4v) is 2.11. The van der Waals surface area contributed by atoms with Gasteiger partial charge in [0.25, 0.3) is 0 Å². The fourth-order valence-electron chi connectivity index (χ4n) is 1.35. The molecule has 0 aliphatic rings. The van der Waals surface area contributed by atoms with E-state index in [4.69, 9.17) is 17.3 Å². The maximum Gasteiger partial charge on any atom is 0.411 e. The van der Waals surface area contributed by atoms with E-state index in [1.54, 1.807) is 18.2 Å². The van der Waals surface area contributed by atoms with E-state index in [-0.39, 0.29) is 6.61 Å². The van der Waals surface area contributed by atoms with Crippen molar-refractivity contribution in [2.45, 2.75) is 18.6 Å². The normalized spacial score (nSPS) is 13.7. The zero-order valence-electron chi connectivity index (χ0n) is 9.31. The van der Waals surface area contributed by atoms with Crippen LogP contribution in [0.25, 0.3) is 0 Å². The second-order valence-electron chi connectivity index (χ2n) is 3.83. The van der Waals surface area contributed by atoms with Crippen LogP contribution >= 0.6 is 27.5 Å². The maximum absolute atomic E-state index is 11.8. The van der Waals surface area contributed by atoms with Crippen LogP contribution in [-0.4, -0.2) is 25.4 Å². The van der Waals surface area contributed by atoms with E-state index >= 15 is 0 Å². The van der Waals surface area contributed by atoms with Gasteiger partial charge in [-0.25, -0.2) is 0 Å². The lowest BCUT2D eigenvalue weighted by atomic mass is 10.1. The molecule has 0 aliphatic carbocycles. The van der Waals surface area contributed by atoms with E-state index in [9.17, 15) is 13.2 Å². The van der Waals surface area contributed by atoms with Gasteiger partial charge in [-0.3, -0.25) is 0 Å². The smallest absolute Gasteiger partial charge is 0.370 e. The van der Waals surface area contributed by atoms with Gasteiger partial charge in [-0.1, -0.05) is 33.6 Å². The average Bonchev–Trinajstić information content (AvgIpc) is 2.20. The van der Waals surface area contributed by atoms with Gasteiger partial charge in [-0.2, -0.15) is 13.2 Å². The van der Waals surface area contributed by atoms with E-state index in [0.717, 1.165) is 10.0 Å². The molecule has 1 atom stereocenters. The van der Waals surface area contributed by atoms with Gasteiger partial charge in [0.2, 0.25) is 0 Å². The second-order valence-corrected chi connectivity index (χ2v) is 5.15. The molecule has 0 radical (unpaired) electrons. The lowest BCUT2D eigenvalue weighted by Crippen LogP contribution is -2.31. The van der Waals surface area contributed by atoms with Crippen molar-refractivity contribution in [1.29, 1.82) is 0 Å². The van der Waals surface area contributed by atoms with Crippen molar-refractivity contribution in [2.24, 2.45) is 5.73 Å². The summed E-state index contributed by atoms with van der Waals surface area (Å²) in [6.45, 7) is -1.44. The number of halogens is 5. The molecule has 7 heteroatoms. The molecule has 0 heterocycles. The first-order valence-electron chi connectivity index (χ1n) is 5.12. The van der Waals surface area contributed by atoms with E-state index < -0.39 is 18.8 Å². The van der Waals surface area contributed by atoms with Gasteiger partial charge in [0.15, 0.2) is 0 Å². The Morgan fingerprint density at radius 2 is 2.06 bits per heavy atom. The minimum absolute atomic E-state index is 0.161. The van der Waals surface area contributed by atoms with Crippen LogP contribution in [0.15, 0.2) is 22.7 Å². The average molecular weight is 347 g/mol. The van der Waals surface area contributed by atoms with E-state index in [2.05, 4.69) is 20.7 Å². The summed E-state index contributed by atoms with van der Waals surface area (Å²) in [7, 11) is 0. The zero-order valence-corrected chi connectivity index (χ0v) is 11.6. The van der Waals surface area contributed by atoms with Crippen LogP contribution < -0.4 is 5.73 Å². The molecule has 0 bridgehead atoms. The van der Waals surface area contributed by atoms with Gasteiger partial charge in [0, 0.05) is 15.5 Å². The van der Waals surface area contributed by atoms with Crippen LogP contribution in [-0.2, 0) is 11.2 Å². The van der Waals surface area contributed by atoms with Gasteiger partial charge >= 0.3 is 6.18 Å². The number of hydrogen-bond acceptors (Lipinski definition) is 2. The molecule has 18 heavy (non-hydrogen) atoms. The van der Waals surface area contributed by atoms with E-state index in [1.807, 2.05) is 0 Å². The van der Waals surface area contributed by atoms with Crippen molar-refractivity contribution < 1.29 is 17.9 Å². The molecule has 0 aromatic heterocycles. The summed E-state index contributed by atoms with van der Waals surface area (Å²) in [5.41, 5.74) is 6.46. The zero-order chi connectivity index (χ0) is 13.8. The Morgan fingerprint density at radius 1 is 1.39 bits per heavy atom. The van der Waals surface area contributed by atoms with Crippen molar-refractivity contribution in [3.63, 3.8) is 0 Å². The summed E-state index contributed by atoms with van der Waals surface area (Å²) in [6, 6.07) is 4.76. The molecule has 0 saturated heterocycles. The third-order valence-electron chi connectivity index (χ3n) is 2.09. The number of alkyl halides is 3. The van der Waals surface area contributed by atoms with E-state index in [0.29, 0.717) is 11.4 Å². The molecule has 0 aliphatic heterocycles. The van der Waals surface area contributed by atoms with Crippen molar-refractivity contribution in [2.75, 3.05) is 13.2 Å². The highest BCUT2D eigenvalue weighted by atomic mass is 79.9. The first-order chi connectivity index (χ1) is 8.28. The Bertz CT molecular complexity index is 400. The van der Waals surface area contributed by atoms with Crippen molar-refractivity contribution in [1.82, 2.24) is 0 Å². The summed E-state index contributed by atoms with van der Waals surface area (Å²) in [5, 5.41) is 0.524. The first kappa shape index (κ1) is 15.8. The van der Waals surface area contributed by atoms with Gasteiger partial charge in [0.1, 0.15) is 6.61 Å². The molecule has 0 spiro atoms.